The quantitative estimate of drug-likeness (QED) is 0.782. The molecule has 0 aliphatic carbocycles. The maximum absolute atomic E-state index is 12.0. The number of hydrogen-bond donors (Lipinski definition) is 1. The Kier molecular flexibility index (Phi) is 4.10. The fourth-order valence-corrected chi connectivity index (χ4v) is 2.46. The zero-order valence-corrected chi connectivity index (χ0v) is 12.3. The summed E-state index contributed by atoms with van der Waals surface area (Å²) < 4.78 is 10.6. The molecule has 112 valence electrons. The van der Waals surface area contributed by atoms with E-state index in [9.17, 15) is 4.79 Å². The summed E-state index contributed by atoms with van der Waals surface area (Å²) in [6.45, 7) is 2.53. The minimum Gasteiger partial charge on any atom is -0.494 e. The number of ether oxygens (including phenoxy) is 1. The van der Waals surface area contributed by atoms with Gasteiger partial charge in [0.05, 0.1) is 17.9 Å². The van der Waals surface area contributed by atoms with Crippen molar-refractivity contribution in [3.63, 3.8) is 0 Å². The van der Waals surface area contributed by atoms with Crippen molar-refractivity contribution < 1.29 is 9.26 Å². The molecule has 3 aromatic rings. The highest BCUT2D eigenvalue weighted by atomic mass is 16.5. The van der Waals surface area contributed by atoms with Crippen molar-refractivity contribution in [2.75, 3.05) is 6.61 Å². The minimum absolute atomic E-state index is 0.342. The van der Waals surface area contributed by atoms with Gasteiger partial charge in [-0.25, -0.2) is 9.95 Å². The second-order valence-electron chi connectivity index (χ2n) is 4.93. The second kappa shape index (κ2) is 6.35. The predicted octanol–water partition coefficient (Wildman–Crippen LogP) is 3.62. The molecule has 0 radical (unpaired) electrons. The summed E-state index contributed by atoms with van der Waals surface area (Å²) in [5.41, 5.74) is 2.88. The summed E-state index contributed by atoms with van der Waals surface area (Å²) in [7, 11) is 0. The summed E-state index contributed by atoms with van der Waals surface area (Å²) in [6.07, 6.45) is 0.465. The van der Waals surface area contributed by atoms with Crippen LogP contribution in [0.25, 0.3) is 11.3 Å². The number of nitrogens with one attached hydrogen (secondary N) is 1. The third-order valence-corrected chi connectivity index (χ3v) is 3.50. The number of aromatic amines is 1. The van der Waals surface area contributed by atoms with Crippen LogP contribution in [-0.2, 0) is 6.42 Å². The van der Waals surface area contributed by atoms with Crippen LogP contribution in [0.1, 0.15) is 18.1 Å². The number of benzene rings is 2. The Morgan fingerprint density at radius 2 is 1.77 bits per heavy atom. The van der Waals surface area contributed by atoms with Crippen molar-refractivity contribution in [2.45, 2.75) is 13.3 Å². The van der Waals surface area contributed by atoms with Gasteiger partial charge in [-0.15, -0.1) is 0 Å². The molecule has 3 rings (SSSR count). The van der Waals surface area contributed by atoms with E-state index >= 15 is 0 Å². The molecule has 2 aromatic carbocycles. The van der Waals surface area contributed by atoms with Gasteiger partial charge in [-0.1, -0.05) is 48.5 Å². The molecule has 4 heteroatoms. The maximum atomic E-state index is 12.0. The first-order valence-electron chi connectivity index (χ1n) is 7.26. The Hall–Kier alpha value is -2.75. The molecule has 0 bridgehead atoms. The molecule has 1 N–H and O–H groups in total. The van der Waals surface area contributed by atoms with Crippen LogP contribution in [-0.4, -0.2) is 11.8 Å². The van der Waals surface area contributed by atoms with Gasteiger partial charge in [0.15, 0.2) is 0 Å². The summed E-state index contributed by atoms with van der Waals surface area (Å²) >= 11 is 0. The summed E-state index contributed by atoms with van der Waals surface area (Å²) in [5, 5.41) is 2.73. The van der Waals surface area contributed by atoms with E-state index in [1.807, 2.05) is 61.5 Å². The Morgan fingerprint density at radius 1 is 1.05 bits per heavy atom. The number of aromatic nitrogens is 1. The van der Waals surface area contributed by atoms with Gasteiger partial charge in [-0.3, -0.25) is 0 Å². The molecule has 0 aliphatic heterocycles. The lowest BCUT2D eigenvalue weighted by molar-refractivity contribution is 0.337. The van der Waals surface area contributed by atoms with Crippen molar-refractivity contribution in [3.05, 3.63) is 76.1 Å². The van der Waals surface area contributed by atoms with E-state index in [1.165, 1.54) is 0 Å². The molecule has 1 heterocycles. The Labute approximate surface area is 128 Å². The van der Waals surface area contributed by atoms with E-state index < -0.39 is 0 Å². The van der Waals surface area contributed by atoms with Gasteiger partial charge in [0.1, 0.15) is 5.75 Å². The predicted molar refractivity (Wildman–Crippen MR) is 85.2 cm³/mol. The molecular weight excluding hydrogens is 278 g/mol. The molecule has 0 saturated carbocycles. The highest BCUT2D eigenvalue weighted by Gasteiger charge is 2.16. The third kappa shape index (κ3) is 2.81. The van der Waals surface area contributed by atoms with Crippen molar-refractivity contribution in [1.29, 1.82) is 0 Å². The Balaban J connectivity index is 2.00. The first kappa shape index (κ1) is 14.2. The average Bonchev–Trinajstić information content (AvgIpc) is 2.91. The van der Waals surface area contributed by atoms with Crippen molar-refractivity contribution in [3.8, 4) is 17.0 Å². The first-order chi connectivity index (χ1) is 10.8. The summed E-state index contributed by atoms with van der Waals surface area (Å²) in [5.74, 6) is 0.796. The molecule has 0 unspecified atom stereocenters. The molecule has 22 heavy (non-hydrogen) atoms. The fraction of sp³-hybridized carbons (Fsp3) is 0.167. The lowest BCUT2D eigenvalue weighted by Crippen LogP contribution is -2.05. The lowest BCUT2D eigenvalue weighted by Gasteiger charge is -2.09. The molecule has 0 fully saturated rings. The smallest absolute Gasteiger partial charge is 0.361 e. The number of rotatable bonds is 5. The minimum atomic E-state index is -0.342. The zero-order chi connectivity index (χ0) is 15.4. The van der Waals surface area contributed by atoms with Gasteiger partial charge in [0.25, 0.3) is 0 Å². The SMILES string of the molecule is CCOc1ccccc1Cc1c(-c2ccccc2)[nH]oc1=O. The van der Waals surface area contributed by atoms with Crippen LogP contribution in [0.15, 0.2) is 63.9 Å². The number of hydrogen-bond acceptors (Lipinski definition) is 3. The van der Waals surface area contributed by atoms with Gasteiger partial charge < -0.3 is 9.26 Å². The van der Waals surface area contributed by atoms with E-state index in [2.05, 4.69) is 5.16 Å². The van der Waals surface area contributed by atoms with E-state index in [1.54, 1.807) is 0 Å². The largest absolute Gasteiger partial charge is 0.494 e. The molecule has 1 aromatic heterocycles. The number of H-pyrrole nitrogens is 1. The van der Waals surface area contributed by atoms with E-state index in [4.69, 9.17) is 9.26 Å². The van der Waals surface area contributed by atoms with Crippen LogP contribution < -0.4 is 10.4 Å². The van der Waals surface area contributed by atoms with Gasteiger partial charge >= 0.3 is 5.63 Å². The summed E-state index contributed by atoms with van der Waals surface area (Å²) in [4.78, 5) is 12.0. The molecule has 0 amide bonds. The van der Waals surface area contributed by atoms with E-state index in [0.29, 0.717) is 18.6 Å². The normalized spacial score (nSPS) is 10.6. The zero-order valence-electron chi connectivity index (χ0n) is 12.3. The van der Waals surface area contributed by atoms with Crippen LogP contribution in [0.5, 0.6) is 5.75 Å². The number of para-hydroxylation sites is 1. The van der Waals surface area contributed by atoms with Crippen LogP contribution in [0.4, 0.5) is 0 Å². The molecule has 0 saturated heterocycles. The first-order valence-corrected chi connectivity index (χ1v) is 7.26. The highest BCUT2D eigenvalue weighted by Crippen LogP contribution is 2.25. The van der Waals surface area contributed by atoms with Gasteiger partial charge in [-0.05, 0) is 18.6 Å². The van der Waals surface area contributed by atoms with Gasteiger partial charge in [0, 0.05) is 12.0 Å². The average molecular weight is 295 g/mol. The van der Waals surface area contributed by atoms with Crippen LogP contribution in [0.3, 0.4) is 0 Å². The Bertz CT molecular complexity index is 802. The second-order valence-corrected chi connectivity index (χ2v) is 4.93. The van der Waals surface area contributed by atoms with Gasteiger partial charge in [-0.2, -0.15) is 0 Å². The monoisotopic (exact) mass is 295 g/mol. The van der Waals surface area contributed by atoms with Crippen molar-refractivity contribution in [2.24, 2.45) is 0 Å². The topological polar surface area (TPSA) is 55.2 Å². The van der Waals surface area contributed by atoms with Crippen molar-refractivity contribution in [1.82, 2.24) is 5.16 Å². The van der Waals surface area contributed by atoms with Crippen LogP contribution in [0, 0.1) is 0 Å². The lowest BCUT2D eigenvalue weighted by atomic mass is 10.0. The van der Waals surface area contributed by atoms with E-state index in [0.717, 1.165) is 22.6 Å². The standard InChI is InChI=1S/C18H17NO3/c1-2-21-16-11-7-6-10-14(16)12-15-17(19-22-18(15)20)13-8-4-3-5-9-13/h3-11,19H,2,12H2,1H3. The Morgan fingerprint density at radius 3 is 2.55 bits per heavy atom. The highest BCUT2D eigenvalue weighted by molar-refractivity contribution is 5.62. The van der Waals surface area contributed by atoms with Crippen molar-refractivity contribution >= 4 is 0 Å². The fourth-order valence-electron chi connectivity index (χ4n) is 2.46. The molecule has 0 aliphatic rings. The van der Waals surface area contributed by atoms with Gasteiger partial charge in [0.2, 0.25) is 0 Å². The van der Waals surface area contributed by atoms with Crippen LogP contribution >= 0.6 is 0 Å². The molecular formula is C18H17NO3. The van der Waals surface area contributed by atoms with Crippen LogP contribution in [0.2, 0.25) is 0 Å². The maximum Gasteiger partial charge on any atom is 0.361 e. The molecule has 0 atom stereocenters. The molecule has 4 nitrogen and oxygen atoms in total. The third-order valence-electron chi connectivity index (χ3n) is 3.50. The molecule has 0 spiro atoms. The summed E-state index contributed by atoms with van der Waals surface area (Å²) in [6, 6.07) is 17.4. The van der Waals surface area contributed by atoms with E-state index in [-0.39, 0.29) is 5.63 Å².